The van der Waals surface area contributed by atoms with Crippen LogP contribution in [0.25, 0.3) is 0 Å². The number of nitrogens with two attached hydrogens (primary N) is 1. The van der Waals surface area contributed by atoms with E-state index in [-0.39, 0.29) is 11.9 Å². The smallest absolute Gasteiger partial charge is 0.270 e. The maximum atomic E-state index is 12.1. The van der Waals surface area contributed by atoms with Crippen LogP contribution in [0.2, 0.25) is 0 Å². The van der Waals surface area contributed by atoms with Crippen molar-refractivity contribution in [2.45, 2.75) is 25.9 Å². The fourth-order valence-corrected chi connectivity index (χ4v) is 2.49. The molecule has 0 aliphatic carbocycles. The van der Waals surface area contributed by atoms with Gasteiger partial charge in [0.25, 0.3) is 5.91 Å². The van der Waals surface area contributed by atoms with E-state index in [1.165, 1.54) is 0 Å². The van der Waals surface area contributed by atoms with Gasteiger partial charge in [-0.15, -0.1) is 0 Å². The van der Waals surface area contributed by atoms with Gasteiger partial charge < -0.3 is 16.0 Å². The maximum absolute atomic E-state index is 12.1. The van der Waals surface area contributed by atoms with Gasteiger partial charge in [0.05, 0.1) is 0 Å². The summed E-state index contributed by atoms with van der Waals surface area (Å²) in [6.07, 6.45) is 2.65. The quantitative estimate of drug-likeness (QED) is 0.837. The molecule has 2 atom stereocenters. The van der Waals surface area contributed by atoms with E-state index >= 15 is 0 Å². The van der Waals surface area contributed by atoms with Crippen LogP contribution in [0, 0.1) is 5.92 Å². The SMILES string of the molecule is CC1CN(C)CCC1NC(=O)c1ccc(CN)cn1. The highest BCUT2D eigenvalue weighted by Crippen LogP contribution is 2.15. The zero-order valence-electron chi connectivity index (χ0n) is 11.6. The highest BCUT2D eigenvalue weighted by atomic mass is 16.1. The molecule has 0 spiro atoms. The highest BCUT2D eigenvalue weighted by Gasteiger charge is 2.25. The summed E-state index contributed by atoms with van der Waals surface area (Å²) in [5.74, 6) is 0.371. The van der Waals surface area contributed by atoms with Gasteiger partial charge in [0, 0.05) is 25.3 Å². The summed E-state index contributed by atoms with van der Waals surface area (Å²) in [7, 11) is 2.11. The number of hydrogen-bond acceptors (Lipinski definition) is 4. The van der Waals surface area contributed by atoms with Gasteiger partial charge in [0.15, 0.2) is 0 Å². The van der Waals surface area contributed by atoms with Crippen LogP contribution in [0.15, 0.2) is 18.3 Å². The lowest BCUT2D eigenvalue weighted by Gasteiger charge is -2.35. The Morgan fingerprint density at radius 1 is 1.58 bits per heavy atom. The van der Waals surface area contributed by atoms with Crippen molar-refractivity contribution in [1.82, 2.24) is 15.2 Å². The maximum Gasteiger partial charge on any atom is 0.270 e. The first-order valence-corrected chi connectivity index (χ1v) is 6.74. The number of likely N-dealkylation sites (tertiary alicyclic amines) is 1. The van der Waals surface area contributed by atoms with E-state index in [4.69, 9.17) is 5.73 Å². The standard InChI is InChI=1S/C14H22N4O/c1-10-9-18(2)6-5-12(10)17-14(19)13-4-3-11(7-15)8-16-13/h3-4,8,10,12H,5-7,9,15H2,1-2H3,(H,17,19). The van der Waals surface area contributed by atoms with Crippen molar-refractivity contribution < 1.29 is 4.79 Å². The molecule has 0 radical (unpaired) electrons. The Labute approximate surface area is 114 Å². The van der Waals surface area contributed by atoms with E-state index in [2.05, 4.69) is 29.2 Å². The molecule has 5 heteroatoms. The van der Waals surface area contributed by atoms with Gasteiger partial charge >= 0.3 is 0 Å². The van der Waals surface area contributed by atoms with Crippen molar-refractivity contribution >= 4 is 5.91 Å². The third-order valence-corrected chi connectivity index (χ3v) is 3.72. The number of amides is 1. The summed E-state index contributed by atoms with van der Waals surface area (Å²) < 4.78 is 0. The molecule has 0 bridgehead atoms. The normalized spacial score (nSPS) is 24.2. The van der Waals surface area contributed by atoms with E-state index in [1.54, 1.807) is 12.3 Å². The predicted octanol–water partition coefficient (Wildman–Crippen LogP) is 0.610. The van der Waals surface area contributed by atoms with Gasteiger partial charge in [-0.05, 0) is 37.6 Å². The van der Waals surface area contributed by atoms with E-state index in [1.807, 2.05) is 6.07 Å². The molecule has 5 nitrogen and oxygen atoms in total. The molecule has 0 saturated carbocycles. The fraction of sp³-hybridized carbons (Fsp3) is 0.571. The van der Waals surface area contributed by atoms with Crippen molar-refractivity contribution in [2.24, 2.45) is 11.7 Å². The van der Waals surface area contributed by atoms with Crippen LogP contribution in [-0.4, -0.2) is 42.0 Å². The molecule has 2 heterocycles. The van der Waals surface area contributed by atoms with E-state index < -0.39 is 0 Å². The summed E-state index contributed by atoms with van der Waals surface area (Å²) >= 11 is 0. The lowest BCUT2D eigenvalue weighted by atomic mass is 9.94. The number of pyridine rings is 1. The molecule has 1 fully saturated rings. The lowest BCUT2D eigenvalue weighted by Crippen LogP contribution is -2.49. The molecular formula is C14H22N4O. The fourth-order valence-electron chi connectivity index (χ4n) is 2.49. The van der Waals surface area contributed by atoms with Crippen LogP contribution in [0.5, 0.6) is 0 Å². The van der Waals surface area contributed by atoms with Gasteiger partial charge in [-0.3, -0.25) is 9.78 Å². The molecule has 1 amide bonds. The van der Waals surface area contributed by atoms with Crippen LogP contribution < -0.4 is 11.1 Å². The van der Waals surface area contributed by atoms with Crippen molar-refractivity contribution in [3.63, 3.8) is 0 Å². The number of aromatic nitrogens is 1. The lowest BCUT2D eigenvalue weighted by molar-refractivity contribution is 0.0879. The second kappa shape index (κ2) is 6.12. The third-order valence-electron chi connectivity index (χ3n) is 3.72. The Morgan fingerprint density at radius 3 is 2.95 bits per heavy atom. The molecule has 1 aliphatic rings. The topological polar surface area (TPSA) is 71.2 Å². The molecule has 1 aliphatic heterocycles. The zero-order chi connectivity index (χ0) is 13.8. The van der Waals surface area contributed by atoms with Crippen LogP contribution in [0.1, 0.15) is 29.4 Å². The average molecular weight is 262 g/mol. The van der Waals surface area contributed by atoms with Gasteiger partial charge in [0.2, 0.25) is 0 Å². The molecule has 1 aromatic heterocycles. The van der Waals surface area contributed by atoms with E-state index in [9.17, 15) is 4.79 Å². The molecule has 19 heavy (non-hydrogen) atoms. The van der Waals surface area contributed by atoms with Crippen LogP contribution >= 0.6 is 0 Å². The van der Waals surface area contributed by atoms with Crippen molar-refractivity contribution in [3.8, 4) is 0 Å². The first-order chi connectivity index (χ1) is 9.10. The van der Waals surface area contributed by atoms with Crippen molar-refractivity contribution in [3.05, 3.63) is 29.6 Å². The highest BCUT2D eigenvalue weighted by molar-refractivity contribution is 5.92. The van der Waals surface area contributed by atoms with Crippen LogP contribution in [0.4, 0.5) is 0 Å². The van der Waals surface area contributed by atoms with Gasteiger partial charge in [-0.2, -0.15) is 0 Å². The zero-order valence-corrected chi connectivity index (χ0v) is 11.6. The van der Waals surface area contributed by atoms with Crippen LogP contribution in [0.3, 0.4) is 0 Å². The largest absolute Gasteiger partial charge is 0.348 e. The minimum absolute atomic E-state index is 0.0926. The van der Waals surface area contributed by atoms with Crippen molar-refractivity contribution in [1.29, 1.82) is 0 Å². The van der Waals surface area contributed by atoms with Crippen LogP contribution in [-0.2, 0) is 6.54 Å². The van der Waals surface area contributed by atoms with Gasteiger partial charge in [0.1, 0.15) is 5.69 Å². The van der Waals surface area contributed by atoms with E-state index in [0.29, 0.717) is 18.2 Å². The number of hydrogen-bond donors (Lipinski definition) is 2. The molecular weight excluding hydrogens is 240 g/mol. The number of nitrogens with zero attached hydrogens (tertiary/aromatic N) is 2. The molecule has 2 unspecified atom stereocenters. The number of carbonyl (C=O) groups is 1. The summed E-state index contributed by atoms with van der Waals surface area (Å²) in [4.78, 5) is 18.6. The molecule has 104 valence electrons. The summed E-state index contributed by atoms with van der Waals surface area (Å²) in [5.41, 5.74) is 6.91. The summed E-state index contributed by atoms with van der Waals surface area (Å²) in [6.45, 7) is 4.66. The van der Waals surface area contributed by atoms with Crippen molar-refractivity contribution in [2.75, 3.05) is 20.1 Å². The molecule has 0 aromatic carbocycles. The van der Waals surface area contributed by atoms with E-state index in [0.717, 1.165) is 25.1 Å². The monoisotopic (exact) mass is 262 g/mol. The minimum Gasteiger partial charge on any atom is -0.348 e. The first kappa shape index (κ1) is 14.0. The molecule has 3 N–H and O–H groups in total. The molecule has 1 aromatic rings. The second-order valence-corrected chi connectivity index (χ2v) is 5.36. The Balaban J connectivity index is 1.96. The predicted molar refractivity (Wildman–Crippen MR) is 74.7 cm³/mol. The Kier molecular flexibility index (Phi) is 4.50. The average Bonchev–Trinajstić information content (AvgIpc) is 2.42. The summed E-state index contributed by atoms with van der Waals surface area (Å²) in [6, 6.07) is 3.82. The second-order valence-electron chi connectivity index (χ2n) is 5.36. The first-order valence-electron chi connectivity index (χ1n) is 6.74. The molecule has 2 rings (SSSR count). The number of nitrogens with one attached hydrogen (secondary N) is 1. The van der Waals surface area contributed by atoms with Gasteiger partial charge in [-0.25, -0.2) is 0 Å². The Hall–Kier alpha value is -1.46. The number of piperidine rings is 1. The minimum atomic E-state index is -0.0926. The summed E-state index contributed by atoms with van der Waals surface area (Å²) in [5, 5.41) is 3.08. The number of rotatable bonds is 3. The Morgan fingerprint density at radius 2 is 2.37 bits per heavy atom. The molecule has 1 saturated heterocycles. The third kappa shape index (κ3) is 3.52. The number of carbonyl (C=O) groups excluding carboxylic acids is 1. The van der Waals surface area contributed by atoms with Gasteiger partial charge in [-0.1, -0.05) is 13.0 Å². The Bertz CT molecular complexity index is 432.